The Morgan fingerprint density at radius 1 is 1.33 bits per heavy atom. The Kier molecular flexibility index (Phi) is 3.71. The van der Waals surface area contributed by atoms with Crippen molar-refractivity contribution in [3.05, 3.63) is 23.8 Å². The third-order valence-corrected chi connectivity index (χ3v) is 6.69. The van der Waals surface area contributed by atoms with E-state index in [1.807, 2.05) is 6.92 Å². The number of nitrogen functional groups attached to an aromatic ring is 1. The minimum absolute atomic E-state index is 0.245. The van der Waals surface area contributed by atoms with Gasteiger partial charge >= 0.3 is 0 Å². The van der Waals surface area contributed by atoms with E-state index in [4.69, 9.17) is 15.2 Å². The smallest absolute Gasteiger partial charge is 0.183 e. The second-order valence-corrected chi connectivity index (χ2v) is 8.23. The van der Waals surface area contributed by atoms with Crippen LogP contribution in [0.5, 0.6) is 0 Å². The van der Waals surface area contributed by atoms with Crippen molar-refractivity contribution >= 4 is 15.5 Å². The van der Waals surface area contributed by atoms with Crippen molar-refractivity contribution in [3.8, 4) is 0 Å². The van der Waals surface area contributed by atoms with E-state index >= 15 is 0 Å². The highest BCUT2D eigenvalue weighted by Gasteiger charge is 2.45. The van der Waals surface area contributed by atoms with Crippen LogP contribution in [-0.2, 0) is 19.3 Å². The van der Waals surface area contributed by atoms with Gasteiger partial charge in [0.2, 0.25) is 0 Å². The number of sulfone groups is 1. The lowest BCUT2D eigenvalue weighted by molar-refractivity contribution is -0.0778. The summed E-state index contributed by atoms with van der Waals surface area (Å²) >= 11 is 0. The zero-order valence-electron chi connectivity index (χ0n) is 12.2. The number of aryl methyl sites for hydroxylation is 1. The molecule has 0 aliphatic carbocycles. The fourth-order valence-corrected chi connectivity index (χ4v) is 5.15. The molecule has 1 spiro atoms. The molecule has 2 aliphatic rings. The van der Waals surface area contributed by atoms with Crippen LogP contribution in [0.1, 0.15) is 24.8 Å². The highest BCUT2D eigenvalue weighted by molar-refractivity contribution is 7.92. The number of rotatable bonds is 2. The van der Waals surface area contributed by atoms with Crippen molar-refractivity contribution in [3.63, 3.8) is 0 Å². The van der Waals surface area contributed by atoms with Gasteiger partial charge in [0.15, 0.2) is 9.84 Å². The van der Waals surface area contributed by atoms with E-state index in [1.165, 1.54) is 0 Å². The van der Waals surface area contributed by atoms with Crippen LogP contribution in [0, 0.1) is 6.92 Å². The number of hydrogen-bond acceptors (Lipinski definition) is 5. The Balaban J connectivity index is 1.90. The van der Waals surface area contributed by atoms with Gasteiger partial charge in [-0.05, 0) is 37.5 Å². The van der Waals surface area contributed by atoms with Crippen LogP contribution >= 0.6 is 0 Å². The molecule has 2 unspecified atom stereocenters. The fourth-order valence-electron chi connectivity index (χ4n) is 3.22. The highest BCUT2D eigenvalue weighted by atomic mass is 32.2. The van der Waals surface area contributed by atoms with Gasteiger partial charge in [-0.1, -0.05) is 6.07 Å². The molecule has 6 heteroatoms. The van der Waals surface area contributed by atoms with Crippen LogP contribution < -0.4 is 5.73 Å². The van der Waals surface area contributed by atoms with Crippen molar-refractivity contribution in [2.45, 2.75) is 41.9 Å². The predicted octanol–water partition coefficient (Wildman–Crippen LogP) is 1.69. The number of nitrogens with two attached hydrogens (primary N) is 1. The van der Waals surface area contributed by atoms with E-state index < -0.39 is 20.7 Å². The molecule has 0 saturated carbocycles. The number of hydrogen-bond donors (Lipinski definition) is 1. The molecular weight excluding hydrogens is 290 g/mol. The summed E-state index contributed by atoms with van der Waals surface area (Å²) in [6.45, 7) is 3.48. The summed E-state index contributed by atoms with van der Waals surface area (Å²) in [5.41, 5.74) is 6.79. The molecule has 116 valence electrons. The minimum Gasteiger partial charge on any atom is -0.398 e. The molecule has 3 rings (SSSR count). The van der Waals surface area contributed by atoms with Crippen molar-refractivity contribution in [1.29, 1.82) is 0 Å². The van der Waals surface area contributed by atoms with Crippen LogP contribution in [0.15, 0.2) is 23.1 Å². The van der Waals surface area contributed by atoms with Crippen molar-refractivity contribution < 1.29 is 17.9 Å². The van der Waals surface area contributed by atoms with Gasteiger partial charge in [-0.3, -0.25) is 0 Å². The topological polar surface area (TPSA) is 78.6 Å². The van der Waals surface area contributed by atoms with E-state index in [2.05, 4.69) is 0 Å². The molecule has 2 atom stereocenters. The zero-order valence-corrected chi connectivity index (χ0v) is 13.0. The summed E-state index contributed by atoms with van der Waals surface area (Å²) in [7, 11) is -3.43. The summed E-state index contributed by atoms with van der Waals surface area (Å²) in [5, 5.41) is -0.446. The Bertz CT molecular complexity index is 635. The standard InChI is InChI=1S/C15H21NO4S/c1-11-2-3-14(13(16)8-11)21(17,18)12-4-6-20-15(9-12)5-7-19-10-15/h2-3,8,12H,4-7,9-10,16H2,1H3. The Morgan fingerprint density at radius 3 is 2.81 bits per heavy atom. The maximum absolute atomic E-state index is 12.9. The second-order valence-electron chi connectivity index (χ2n) is 6.04. The van der Waals surface area contributed by atoms with Crippen molar-refractivity contribution in [1.82, 2.24) is 0 Å². The molecular formula is C15H21NO4S. The molecule has 21 heavy (non-hydrogen) atoms. The molecule has 2 heterocycles. The lowest BCUT2D eigenvalue weighted by Crippen LogP contribution is -2.45. The molecule has 1 aromatic rings. The van der Waals surface area contributed by atoms with Crippen LogP contribution in [0.25, 0.3) is 0 Å². The van der Waals surface area contributed by atoms with E-state index in [9.17, 15) is 8.42 Å². The minimum atomic E-state index is -3.43. The molecule has 2 aliphatic heterocycles. The molecule has 1 aromatic carbocycles. The van der Waals surface area contributed by atoms with Crippen LogP contribution in [0.3, 0.4) is 0 Å². The van der Waals surface area contributed by atoms with Gasteiger partial charge in [-0.15, -0.1) is 0 Å². The van der Waals surface area contributed by atoms with Crippen LogP contribution in [0.4, 0.5) is 5.69 Å². The first-order valence-electron chi connectivity index (χ1n) is 7.25. The van der Waals surface area contributed by atoms with Crippen molar-refractivity contribution in [2.24, 2.45) is 0 Å². The lowest BCUT2D eigenvalue weighted by Gasteiger charge is -2.36. The first-order chi connectivity index (χ1) is 9.93. The van der Waals surface area contributed by atoms with E-state index in [-0.39, 0.29) is 4.90 Å². The van der Waals surface area contributed by atoms with Gasteiger partial charge in [0, 0.05) is 19.6 Å². The third-order valence-electron chi connectivity index (χ3n) is 4.43. The average Bonchev–Trinajstić information content (AvgIpc) is 2.86. The maximum Gasteiger partial charge on any atom is 0.183 e. The molecule has 0 amide bonds. The molecule has 2 fully saturated rings. The largest absolute Gasteiger partial charge is 0.398 e. The highest BCUT2D eigenvalue weighted by Crippen LogP contribution is 2.38. The summed E-state index contributed by atoms with van der Waals surface area (Å²) in [6.07, 6.45) is 1.77. The molecule has 0 radical (unpaired) electrons. The molecule has 2 saturated heterocycles. The fraction of sp³-hybridized carbons (Fsp3) is 0.600. The SMILES string of the molecule is Cc1ccc(S(=O)(=O)C2CCOC3(CCOC3)C2)c(N)c1. The van der Waals surface area contributed by atoms with Gasteiger partial charge in [0.25, 0.3) is 0 Å². The average molecular weight is 311 g/mol. The Morgan fingerprint density at radius 2 is 2.14 bits per heavy atom. The first kappa shape index (κ1) is 14.8. The Labute approximate surface area is 125 Å². The number of anilines is 1. The summed E-state index contributed by atoms with van der Waals surface area (Å²) in [4.78, 5) is 0.245. The van der Waals surface area contributed by atoms with Gasteiger partial charge in [0.1, 0.15) is 0 Å². The van der Waals surface area contributed by atoms with Crippen LogP contribution in [-0.4, -0.2) is 39.1 Å². The van der Waals surface area contributed by atoms with Gasteiger partial charge in [0.05, 0.1) is 28.0 Å². The monoisotopic (exact) mass is 311 g/mol. The number of benzene rings is 1. The Hall–Kier alpha value is -1.11. The summed E-state index contributed by atoms with van der Waals surface area (Å²) in [5.74, 6) is 0. The van der Waals surface area contributed by atoms with Crippen molar-refractivity contribution in [2.75, 3.05) is 25.6 Å². The molecule has 0 bridgehead atoms. The summed E-state index contributed by atoms with van der Waals surface area (Å²) < 4.78 is 37.0. The third kappa shape index (κ3) is 2.67. The molecule has 2 N–H and O–H groups in total. The van der Waals surface area contributed by atoms with Gasteiger partial charge in [-0.25, -0.2) is 8.42 Å². The first-order valence-corrected chi connectivity index (χ1v) is 8.79. The van der Waals surface area contributed by atoms with Gasteiger partial charge < -0.3 is 15.2 Å². The number of ether oxygens (including phenoxy) is 2. The lowest BCUT2D eigenvalue weighted by atomic mass is 9.93. The van der Waals surface area contributed by atoms with E-state index in [0.29, 0.717) is 38.3 Å². The van der Waals surface area contributed by atoms with Gasteiger partial charge in [-0.2, -0.15) is 0 Å². The van der Waals surface area contributed by atoms with E-state index in [0.717, 1.165) is 12.0 Å². The van der Waals surface area contributed by atoms with E-state index in [1.54, 1.807) is 18.2 Å². The quantitative estimate of drug-likeness (QED) is 0.841. The van der Waals surface area contributed by atoms with Crippen LogP contribution in [0.2, 0.25) is 0 Å². The predicted molar refractivity (Wildman–Crippen MR) is 79.9 cm³/mol. The molecule has 5 nitrogen and oxygen atoms in total. The summed E-state index contributed by atoms with van der Waals surface area (Å²) in [6, 6.07) is 5.12. The normalized spacial score (nSPS) is 29.9. The second kappa shape index (κ2) is 5.26. The maximum atomic E-state index is 12.9. The zero-order chi connectivity index (χ0) is 15.1. The molecule has 0 aromatic heterocycles.